The number of aromatic nitrogens is 3. The summed E-state index contributed by atoms with van der Waals surface area (Å²) in [5.74, 6) is -0.217. The van der Waals surface area contributed by atoms with Crippen LogP contribution >= 0.6 is 11.6 Å². The lowest BCUT2D eigenvalue weighted by Crippen LogP contribution is -2.14. The van der Waals surface area contributed by atoms with Gasteiger partial charge in [0.2, 0.25) is 0 Å². The molecule has 0 radical (unpaired) electrons. The average Bonchev–Trinajstić information content (AvgIpc) is 2.98. The van der Waals surface area contributed by atoms with Gasteiger partial charge in [-0.3, -0.25) is 9.48 Å². The molecule has 0 fully saturated rings. The fourth-order valence-corrected chi connectivity index (χ4v) is 3.47. The van der Waals surface area contributed by atoms with Crippen molar-refractivity contribution in [3.05, 3.63) is 76.4 Å². The number of carbonyl (C=O) groups is 1. The smallest absolute Gasteiger partial charge is 0.256 e. The van der Waals surface area contributed by atoms with Gasteiger partial charge < -0.3 is 5.32 Å². The molecule has 0 bridgehead atoms. The molecule has 4 aromatic rings. The van der Waals surface area contributed by atoms with Gasteiger partial charge in [-0.15, -0.1) is 0 Å². The highest BCUT2D eigenvalue weighted by atomic mass is 35.5. The van der Waals surface area contributed by atoms with Crippen molar-refractivity contribution in [1.29, 1.82) is 0 Å². The number of halogens is 1. The van der Waals surface area contributed by atoms with E-state index in [9.17, 15) is 4.79 Å². The number of aryl methyl sites for hydroxylation is 3. The fourth-order valence-electron chi connectivity index (χ4n) is 3.30. The van der Waals surface area contributed by atoms with Crippen molar-refractivity contribution in [1.82, 2.24) is 14.8 Å². The van der Waals surface area contributed by atoms with E-state index in [-0.39, 0.29) is 5.91 Å². The number of amides is 1. The summed E-state index contributed by atoms with van der Waals surface area (Å²) < 4.78 is 1.71. The Morgan fingerprint density at radius 2 is 1.82 bits per heavy atom. The summed E-state index contributed by atoms with van der Waals surface area (Å²) in [7, 11) is 1.83. The zero-order valence-corrected chi connectivity index (χ0v) is 16.6. The van der Waals surface area contributed by atoms with Crippen LogP contribution in [0.15, 0.2) is 54.6 Å². The predicted molar refractivity (Wildman–Crippen MR) is 113 cm³/mol. The third-order valence-corrected chi connectivity index (χ3v) is 4.97. The van der Waals surface area contributed by atoms with Crippen LogP contribution in [0.5, 0.6) is 0 Å². The van der Waals surface area contributed by atoms with Gasteiger partial charge in [-0.25, -0.2) is 4.98 Å². The van der Waals surface area contributed by atoms with Crippen LogP contribution in [-0.2, 0) is 7.05 Å². The van der Waals surface area contributed by atoms with Crippen molar-refractivity contribution in [2.75, 3.05) is 5.32 Å². The van der Waals surface area contributed by atoms with Crippen molar-refractivity contribution < 1.29 is 4.79 Å². The minimum atomic E-state index is -0.217. The van der Waals surface area contributed by atoms with E-state index in [1.807, 2.05) is 63.4 Å². The Morgan fingerprint density at radius 1 is 1.07 bits per heavy atom. The molecule has 6 heteroatoms. The molecule has 140 valence electrons. The normalized spacial score (nSPS) is 11.0. The quantitative estimate of drug-likeness (QED) is 0.525. The number of rotatable bonds is 3. The monoisotopic (exact) mass is 390 g/mol. The highest BCUT2D eigenvalue weighted by Gasteiger charge is 2.20. The first kappa shape index (κ1) is 18.2. The van der Waals surface area contributed by atoms with Crippen molar-refractivity contribution in [3.63, 3.8) is 0 Å². The number of carbonyl (C=O) groups excluding carboxylic acids is 1. The summed E-state index contributed by atoms with van der Waals surface area (Å²) in [6, 6.07) is 17.0. The summed E-state index contributed by atoms with van der Waals surface area (Å²) in [5.41, 5.74) is 5.26. The largest absolute Gasteiger partial charge is 0.322 e. The molecule has 4 rings (SSSR count). The Morgan fingerprint density at radius 3 is 2.57 bits per heavy atom. The van der Waals surface area contributed by atoms with Gasteiger partial charge in [0, 0.05) is 23.3 Å². The lowest BCUT2D eigenvalue weighted by atomic mass is 10.0. The van der Waals surface area contributed by atoms with E-state index in [4.69, 9.17) is 16.6 Å². The molecule has 0 saturated heterocycles. The van der Waals surface area contributed by atoms with Crippen molar-refractivity contribution in [3.8, 4) is 11.3 Å². The second kappa shape index (κ2) is 7.09. The van der Waals surface area contributed by atoms with E-state index in [0.717, 1.165) is 27.9 Å². The van der Waals surface area contributed by atoms with Crippen LogP contribution in [0.2, 0.25) is 5.02 Å². The molecule has 2 heterocycles. The van der Waals surface area contributed by atoms with Gasteiger partial charge in [-0.1, -0.05) is 48.0 Å². The number of anilines is 1. The molecule has 2 aromatic heterocycles. The summed E-state index contributed by atoms with van der Waals surface area (Å²) in [5, 5.41) is 8.77. The minimum Gasteiger partial charge on any atom is -0.322 e. The molecule has 5 nitrogen and oxygen atoms in total. The number of hydrogen-bond donors (Lipinski definition) is 1. The second-order valence-electron chi connectivity index (χ2n) is 6.74. The molecule has 1 amide bonds. The Labute approximate surface area is 168 Å². The number of hydrogen-bond acceptors (Lipinski definition) is 3. The Kier molecular flexibility index (Phi) is 4.61. The standard InChI is InChI=1S/C22H19ClN4O/c1-13-9-10-16(23)11-18(13)25-22(28)17-12-19(15-7-5-4-6-8-15)24-21-20(17)14(2)26-27(21)3/h4-12H,1-3H3,(H,25,28). The molecule has 0 atom stereocenters. The Bertz CT molecular complexity index is 1200. The van der Waals surface area contributed by atoms with Crippen molar-refractivity contribution in [2.24, 2.45) is 7.05 Å². The second-order valence-corrected chi connectivity index (χ2v) is 7.18. The van der Waals surface area contributed by atoms with E-state index < -0.39 is 0 Å². The van der Waals surface area contributed by atoms with E-state index in [2.05, 4.69) is 10.4 Å². The maximum absolute atomic E-state index is 13.2. The molecule has 28 heavy (non-hydrogen) atoms. The van der Waals surface area contributed by atoms with Crippen LogP contribution in [-0.4, -0.2) is 20.7 Å². The van der Waals surface area contributed by atoms with E-state index in [0.29, 0.717) is 21.9 Å². The maximum atomic E-state index is 13.2. The lowest BCUT2D eigenvalue weighted by Gasteiger charge is -2.11. The SMILES string of the molecule is Cc1ccc(Cl)cc1NC(=O)c1cc(-c2ccccc2)nc2c1c(C)nn2C. The zero-order valence-electron chi connectivity index (χ0n) is 15.8. The Hall–Kier alpha value is -3.18. The van der Waals surface area contributed by atoms with Gasteiger partial charge in [0.15, 0.2) is 5.65 Å². The minimum absolute atomic E-state index is 0.217. The summed E-state index contributed by atoms with van der Waals surface area (Å²) in [6.07, 6.45) is 0. The fraction of sp³-hybridized carbons (Fsp3) is 0.136. The van der Waals surface area contributed by atoms with E-state index in [1.54, 1.807) is 16.8 Å². The molecule has 0 unspecified atom stereocenters. The van der Waals surface area contributed by atoms with Gasteiger partial charge in [0.05, 0.1) is 22.3 Å². The van der Waals surface area contributed by atoms with Crippen LogP contribution in [0.25, 0.3) is 22.3 Å². The third kappa shape index (κ3) is 3.25. The Balaban J connectivity index is 1.87. The highest BCUT2D eigenvalue weighted by molar-refractivity contribution is 6.31. The first-order valence-corrected chi connectivity index (χ1v) is 9.29. The van der Waals surface area contributed by atoms with Crippen LogP contribution in [0.1, 0.15) is 21.6 Å². The van der Waals surface area contributed by atoms with Gasteiger partial charge in [0.1, 0.15) is 0 Å². The number of nitrogens with one attached hydrogen (secondary N) is 1. The lowest BCUT2D eigenvalue weighted by molar-refractivity contribution is 0.102. The number of pyridine rings is 1. The zero-order chi connectivity index (χ0) is 19.8. The number of fused-ring (bicyclic) bond motifs is 1. The van der Waals surface area contributed by atoms with Crippen LogP contribution in [0.3, 0.4) is 0 Å². The highest BCUT2D eigenvalue weighted by Crippen LogP contribution is 2.28. The van der Waals surface area contributed by atoms with E-state index >= 15 is 0 Å². The summed E-state index contributed by atoms with van der Waals surface area (Å²) >= 11 is 6.10. The summed E-state index contributed by atoms with van der Waals surface area (Å²) in [4.78, 5) is 18.0. The molecule has 2 aromatic carbocycles. The van der Waals surface area contributed by atoms with Crippen molar-refractivity contribution in [2.45, 2.75) is 13.8 Å². The number of nitrogens with zero attached hydrogens (tertiary/aromatic N) is 3. The van der Waals surface area contributed by atoms with Gasteiger partial charge >= 0.3 is 0 Å². The van der Waals surface area contributed by atoms with Crippen LogP contribution in [0.4, 0.5) is 5.69 Å². The third-order valence-electron chi connectivity index (χ3n) is 4.73. The molecular weight excluding hydrogens is 372 g/mol. The molecule has 0 spiro atoms. The molecule has 0 aliphatic heterocycles. The predicted octanol–water partition coefficient (Wildman–Crippen LogP) is 5.16. The summed E-state index contributed by atoms with van der Waals surface area (Å²) in [6.45, 7) is 3.81. The average molecular weight is 391 g/mol. The molecule has 1 N–H and O–H groups in total. The first-order valence-electron chi connectivity index (χ1n) is 8.91. The number of benzene rings is 2. The molecule has 0 aliphatic carbocycles. The van der Waals surface area contributed by atoms with Crippen LogP contribution in [0, 0.1) is 13.8 Å². The van der Waals surface area contributed by atoms with Gasteiger partial charge in [-0.2, -0.15) is 5.10 Å². The van der Waals surface area contributed by atoms with Crippen LogP contribution < -0.4 is 5.32 Å². The van der Waals surface area contributed by atoms with Crippen molar-refractivity contribution >= 4 is 34.2 Å². The van der Waals surface area contributed by atoms with Gasteiger partial charge in [0.25, 0.3) is 5.91 Å². The topological polar surface area (TPSA) is 59.8 Å². The molecule has 0 aliphatic rings. The first-order chi connectivity index (χ1) is 13.4. The molecule has 0 saturated carbocycles. The van der Waals surface area contributed by atoms with Gasteiger partial charge in [-0.05, 0) is 37.6 Å². The van der Waals surface area contributed by atoms with E-state index in [1.165, 1.54) is 0 Å². The maximum Gasteiger partial charge on any atom is 0.256 e. The molecular formula is C22H19ClN4O.